The molecule has 0 spiro atoms. The molecule has 0 radical (unpaired) electrons. The van der Waals surface area contributed by atoms with Gasteiger partial charge in [0.1, 0.15) is 0 Å². The fourth-order valence-electron chi connectivity index (χ4n) is 4.07. The minimum atomic E-state index is -5.61. The maximum Gasteiger partial charge on any atom is 0.453 e. The van der Waals surface area contributed by atoms with E-state index in [4.69, 9.17) is 5.21 Å². The van der Waals surface area contributed by atoms with E-state index in [1.165, 1.54) is 40.3 Å². The Morgan fingerprint density at radius 1 is 1.14 bits per heavy atom. The van der Waals surface area contributed by atoms with Crippen molar-refractivity contribution in [1.29, 1.82) is 0 Å². The molecular formula is C22H29ClF5N3O4S. The Morgan fingerprint density at radius 2 is 1.69 bits per heavy atom. The normalized spacial score (nSPS) is 16.2. The van der Waals surface area contributed by atoms with Gasteiger partial charge in [-0.15, -0.1) is 25.6 Å². The third kappa shape index (κ3) is 6.61. The van der Waals surface area contributed by atoms with Gasteiger partial charge in [0, 0.05) is 37.3 Å². The third-order valence-corrected chi connectivity index (χ3v) is 8.71. The maximum absolute atomic E-state index is 13.4. The Morgan fingerprint density at radius 3 is 2.11 bits per heavy atom. The van der Waals surface area contributed by atoms with Crippen LogP contribution >= 0.6 is 12.4 Å². The van der Waals surface area contributed by atoms with Crippen LogP contribution in [0, 0.1) is 0 Å². The summed E-state index contributed by atoms with van der Waals surface area (Å²) in [4.78, 5) is 16.6. The average molecular weight is 562 g/mol. The minimum Gasteiger partial charge on any atom is -0.289 e. The van der Waals surface area contributed by atoms with Crippen molar-refractivity contribution in [3.05, 3.63) is 54.9 Å². The molecule has 1 aliphatic heterocycles. The second kappa shape index (κ2) is 12.4. The molecule has 14 heteroatoms. The van der Waals surface area contributed by atoms with Crippen molar-refractivity contribution in [3.63, 3.8) is 0 Å². The van der Waals surface area contributed by atoms with Gasteiger partial charge in [-0.05, 0) is 43.7 Å². The molecule has 1 aromatic rings. The average Bonchev–Trinajstić information content (AvgIpc) is 2.81. The van der Waals surface area contributed by atoms with E-state index in [0.29, 0.717) is 18.5 Å². The molecule has 0 aromatic carbocycles. The number of nitrogens with zero attached hydrogens (tertiary/aromatic N) is 2. The lowest BCUT2D eigenvalue weighted by Crippen LogP contribution is -2.57. The quantitative estimate of drug-likeness (QED) is 0.179. The molecule has 7 nitrogen and oxygen atoms in total. The first-order chi connectivity index (χ1) is 16.3. The molecule has 204 valence electrons. The summed E-state index contributed by atoms with van der Waals surface area (Å²) < 4.78 is 89.2. The van der Waals surface area contributed by atoms with E-state index in [2.05, 4.69) is 18.1 Å². The number of sulfonamides is 1. The molecule has 1 aliphatic rings. The Balaban J connectivity index is 0.00000648. The van der Waals surface area contributed by atoms with Crippen LogP contribution in [0.25, 0.3) is 0 Å². The zero-order valence-electron chi connectivity index (χ0n) is 19.3. The van der Waals surface area contributed by atoms with E-state index in [1.807, 2.05) is 0 Å². The van der Waals surface area contributed by atoms with Crippen LogP contribution in [-0.2, 0) is 21.2 Å². The third-order valence-electron chi connectivity index (χ3n) is 6.16. The van der Waals surface area contributed by atoms with Gasteiger partial charge in [-0.3, -0.25) is 15.0 Å². The standard InChI is InChI=1S/C22H28F5N3O4S.ClH/c1-3-10-20(11-4-2,19(31)29-32)35(33,34)30-13-8-17(9-14-30)18-6-5-16(15-28-18)7-12-21(23,24)22(25,26)27;/h3-6,15,17,32H,1-2,7-14H2,(H,29,31);1H. The van der Waals surface area contributed by atoms with Crippen molar-refractivity contribution in [2.24, 2.45) is 0 Å². The number of rotatable bonds is 11. The number of aromatic nitrogens is 1. The Labute approximate surface area is 212 Å². The molecule has 0 unspecified atom stereocenters. The number of hydroxylamine groups is 1. The smallest absolute Gasteiger partial charge is 0.289 e. The fraction of sp³-hybridized carbons (Fsp3) is 0.545. The van der Waals surface area contributed by atoms with Crippen LogP contribution in [-0.4, -0.2) is 58.8 Å². The molecule has 2 heterocycles. The lowest BCUT2D eigenvalue weighted by atomic mass is 9.93. The summed E-state index contributed by atoms with van der Waals surface area (Å²) in [5.74, 6) is -6.05. The zero-order chi connectivity index (χ0) is 26.5. The maximum atomic E-state index is 13.4. The zero-order valence-corrected chi connectivity index (χ0v) is 20.9. The largest absolute Gasteiger partial charge is 0.453 e. The highest BCUT2D eigenvalue weighted by atomic mass is 35.5. The van der Waals surface area contributed by atoms with Gasteiger partial charge in [0.15, 0.2) is 4.75 Å². The van der Waals surface area contributed by atoms with Gasteiger partial charge in [0.25, 0.3) is 5.91 Å². The number of piperidine rings is 1. The van der Waals surface area contributed by atoms with Crippen molar-refractivity contribution >= 4 is 28.3 Å². The number of allylic oxidation sites excluding steroid dienone is 2. The van der Waals surface area contributed by atoms with Crippen LogP contribution in [0.1, 0.15) is 49.3 Å². The topological polar surface area (TPSA) is 99.6 Å². The second-order valence-corrected chi connectivity index (χ2v) is 10.6. The molecule has 0 bridgehead atoms. The lowest BCUT2D eigenvalue weighted by Gasteiger charge is -2.38. The van der Waals surface area contributed by atoms with Crippen LogP contribution in [0.15, 0.2) is 43.6 Å². The van der Waals surface area contributed by atoms with Gasteiger partial charge in [-0.1, -0.05) is 18.2 Å². The number of amides is 1. The summed E-state index contributed by atoms with van der Waals surface area (Å²) in [6.07, 6.45) is -3.50. The lowest BCUT2D eigenvalue weighted by molar-refractivity contribution is -0.284. The van der Waals surface area contributed by atoms with E-state index in [-0.39, 0.29) is 49.8 Å². The van der Waals surface area contributed by atoms with Gasteiger partial charge >= 0.3 is 12.1 Å². The number of pyridine rings is 1. The predicted molar refractivity (Wildman–Crippen MR) is 126 cm³/mol. The number of carbonyl (C=O) groups is 1. The van der Waals surface area contributed by atoms with Gasteiger partial charge in [0.2, 0.25) is 10.0 Å². The fourth-order valence-corrected chi connectivity index (χ4v) is 6.19. The van der Waals surface area contributed by atoms with Crippen LogP contribution in [0.5, 0.6) is 0 Å². The molecule has 2 N–H and O–H groups in total. The van der Waals surface area contributed by atoms with Crippen molar-refractivity contribution in [2.75, 3.05) is 13.1 Å². The highest BCUT2D eigenvalue weighted by molar-refractivity contribution is 7.91. The first-order valence-corrected chi connectivity index (χ1v) is 12.2. The van der Waals surface area contributed by atoms with E-state index < -0.39 is 45.6 Å². The van der Waals surface area contributed by atoms with Gasteiger partial charge in [-0.2, -0.15) is 22.0 Å². The molecule has 1 amide bonds. The first-order valence-electron chi connectivity index (χ1n) is 10.8. The van der Waals surface area contributed by atoms with Crippen LogP contribution in [0.4, 0.5) is 22.0 Å². The molecule has 1 saturated heterocycles. The molecule has 2 rings (SSSR count). The van der Waals surface area contributed by atoms with E-state index in [0.717, 1.165) is 0 Å². The van der Waals surface area contributed by atoms with Gasteiger partial charge < -0.3 is 0 Å². The SMILES string of the molecule is C=CCC(CC=C)(C(=O)NO)S(=O)(=O)N1CCC(c2ccc(CCC(F)(F)C(F)(F)F)cn2)CC1.Cl. The van der Waals surface area contributed by atoms with E-state index in [1.54, 1.807) is 0 Å². The highest BCUT2D eigenvalue weighted by Gasteiger charge is 2.56. The number of carbonyl (C=O) groups excluding carboxylic acids is 1. The molecule has 0 saturated carbocycles. The van der Waals surface area contributed by atoms with Gasteiger partial charge in [0.05, 0.1) is 0 Å². The summed E-state index contributed by atoms with van der Waals surface area (Å²) >= 11 is 0. The molecule has 0 aliphatic carbocycles. The summed E-state index contributed by atoms with van der Waals surface area (Å²) in [6.45, 7) is 7.15. The Bertz CT molecular complexity index is 1000. The van der Waals surface area contributed by atoms with Crippen LogP contribution in [0.2, 0.25) is 0 Å². The van der Waals surface area contributed by atoms with Crippen molar-refractivity contribution in [1.82, 2.24) is 14.8 Å². The van der Waals surface area contributed by atoms with Crippen molar-refractivity contribution in [3.8, 4) is 0 Å². The minimum absolute atomic E-state index is 0. The molecule has 36 heavy (non-hydrogen) atoms. The van der Waals surface area contributed by atoms with Gasteiger partial charge in [-0.25, -0.2) is 18.2 Å². The molecular weight excluding hydrogens is 533 g/mol. The highest BCUT2D eigenvalue weighted by Crippen LogP contribution is 2.39. The summed E-state index contributed by atoms with van der Waals surface area (Å²) in [5.41, 5.74) is 2.22. The number of halogens is 6. The van der Waals surface area contributed by atoms with E-state index >= 15 is 0 Å². The molecule has 1 fully saturated rings. The van der Waals surface area contributed by atoms with Crippen molar-refractivity contribution in [2.45, 2.75) is 61.3 Å². The Hall–Kier alpha value is -2.09. The summed E-state index contributed by atoms with van der Waals surface area (Å²) in [5, 5.41) is 9.16. The van der Waals surface area contributed by atoms with Crippen molar-refractivity contribution < 1.29 is 40.4 Å². The molecule has 0 atom stereocenters. The summed E-state index contributed by atoms with van der Waals surface area (Å²) in [6, 6.07) is 2.97. The van der Waals surface area contributed by atoms with Crippen LogP contribution < -0.4 is 5.48 Å². The monoisotopic (exact) mass is 561 g/mol. The number of hydrogen-bond acceptors (Lipinski definition) is 5. The van der Waals surface area contributed by atoms with Crippen LogP contribution in [0.3, 0.4) is 0 Å². The first kappa shape index (κ1) is 31.9. The number of aryl methyl sites for hydroxylation is 1. The number of nitrogens with one attached hydrogen (secondary N) is 1. The predicted octanol–water partition coefficient (Wildman–Crippen LogP) is 4.54. The summed E-state index contributed by atoms with van der Waals surface area (Å²) in [7, 11) is -4.23. The second-order valence-electron chi connectivity index (χ2n) is 8.39. The number of alkyl halides is 5. The Kier molecular flexibility index (Phi) is 11.0. The number of hydrogen-bond donors (Lipinski definition) is 2. The molecule has 1 aromatic heterocycles. The van der Waals surface area contributed by atoms with E-state index in [9.17, 15) is 35.2 Å².